The van der Waals surface area contributed by atoms with Gasteiger partial charge in [-0.15, -0.1) is 11.3 Å². The van der Waals surface area contributed by atoms with Gasteiger partial charge in [-0.25, -0.2) is 0 Å². The largest absolute Gasteiger partial charge is 0.312 e. The van der Waals surface area contributed by atoms with E-state index in [1.807, 2.05) is 11.3 Å². The molecule has 0 atom stereocenters. The second kappa shape index (κ2) is 6.90. The average Bonchev–Trinajstić information content (AvgIpc) is 2.71. The lowest BCUT2D eigenvalue weighted by atomic mass is 9.85. The molecule has 0 amide bonds. The standard InChI is InChI=1S/C17H31NS/c1-12(2)15(13(3)4)11-18-10-14-8-9-16(19-14)17(5,6)7/h8-9,12-13,15,18H,10-11H2,1-7H3. The van der Waals surface area contributed by atoms with E-state index in [-0.39, 0.29) is 5.41 Å². The Labute approximate surface area is 123 Å². The summed E-state index contributed by atoms with van der Waals surface area (Å²) in [6, 6.07) is 4.56. The molecule has 0 spiro atoms. The van der Waals surface area contributed by atoms with E-state index in [2.05, 4.69) is 65.9 Å². The Morgan fingerprint density at radius 1 is 1.05 bits per heavy atom. The van der Waals surface area contributed by atoms with Crippen LogP contribution >= 0.6 is 11.3 Å². The lowest BCUT2D eigenvalue weighted by Crippen LogP contribution is -2.29. The normalized spacial score (nSPS) is 12.9. The summed E-state index contributed by atoms with van der Waals surface area (Å²) >= 11 is 1.95. The first-order valence-corrected chi connectivity index (χ1v) is 8.33. The summed E-state index contributed by atoms with van der Waals surface area (Å²) in [5, 5.41) is 3.64. The van der Waals surface area contributed by atoms with Crippen molar-refractivity contribution in [3.63, 3.8) is 0 Å². The third kappa shape index (κ3) is 5.27. The highest BCUT2D eigenvalue weighted by molar-refractivity contribution is 7.12. The summed E-state index contributed by atoms with van der Waals surface area (Å²) in [6.07, 6.45) is 0. The van der Waals surface area contributed by atoms with E-state index in [1.54, 1.807) is 0 Å². The van der Waals surface area contributed by atoms with Gasteiger partial charge in [-0.1, -0.05) is 48.5 Å². The maximum Gasteiger partial charge on any atom is 0.0299 e. The Kier molecular flexibility index (Phi) is 6.07. The molecule has 1 N–H and O–H groups in total. The highest BCUT2D eigenvalue weighted by atomic mass is 32.1. The van der Waals surface area contributed by atoms with Gasteiger partial charge in [0, 0.05) is 16.3 Å². The van der Waals surface area contributed by atoms with Crippen LogP contribution in [0.15, 0.2) is 12.1 Å². The minimum Gasteiger partial charge on any atom is -0.312 e. The fraction of sp³-hybridized carbons (Fsp3) is 0.765. The highest BCUT2D eigenvalue weighted by Gasteiger charge is 2.18. The van der Waals surface area contributed by atoms with Gasteiger partial charge < -0.3 is 5.32 Å². The van der Waals surface area contributed by atoms with Crippen LogP contribution in [0.5, 0.6) is 0 Å². The molecule has 0 radical (unpaired) electrons. The van der Waals surface area contributed by atoms with Gasteiger partial charge in [0.25, 0.3) is 0 Å². The van der Waals surface area contributed by atoms with E-state index in [4.69, 9.17) is 0 Å². The van der Waals surface area contributed by atoms with Crippen molar-refractivity contribution < 1.29 is 0 Å². The lowest BCUT2D eigenvalue weighted by Gasteiger charge is -2.25. The number of rotatable bonds is 6. The van der Waals surface area contributed by atoms with Crippen molar-refractivity contribution in [2.75, 3.05) is 6.54 Å². The molecule has 110 valence electrons. The predicted octanol–water partition coefficient (Wildman–Crippen LogP) is 5.06. The molecule has 0 unspecified atom stereocenters. The van der Waals surface area contributed by atoms with Crippen molar-refractivity contribution in [2.24, 2.45) is 17.8 Å². The van der Waals surface area contributed by atoms with Gasteiger partial charge in [0.15, 0.2) is 0 Å². The van der Waals surface area contributed by atoms with Gasteiger partial charge >= 0.3 is 0 Å². The molecule has 1 nitrogen and oxygen atoms in total. The molecule has 0 aromatic carbocycles. The van der Waals surface area contributed by atoms with E-state index < -0.39 is 0 Å². The summed E-state index contributed by atoms with van der Waals surface area (Å²) in [5.41, 5.74) is 0.279. The SMILES string of the molecule is CC(C)C(CNCc1ccc(C(C)(C)C)s1)C(C)C. The van der Waals surface area contributed by atoms with E-state index in [9.17, 15) is 0 Å². The Bertz CT molecular complexity index is 363. The Hall–Kier alpha value is -0.340. The molecule has 1 heterocycles. The molecular formula is C17H31NS. The lowest BCUT2D eigenvalue weighted by molar-refractivity contribution is 0.276. The van der Waals surface area contributed by atoms with Crippen LogP contribution in [0.4, 0.5) is 0 Å². The van der Waals surface area contributed by atoms with Crippen molar-refractivity contribution in [3.8, 4) is 0 Å². The molecule has 1 rings (SSSR count). The van der Waals surface area contributed by atoms with Gasteiger partial charge in [-0.3, -0.25) is 0 Å². The Morgan fingerprint density at radius 2 is 1.63 bits per heavy atom. The maximum absolute atomic E-state index is 3.64. The van der Waals surface area contributed by atoms with E-state index in [1.165, 1.54) is 9.75 Å². The van der Waals surface area contributed by atoms with Crippen molar-refractivity contribution in [2.45, 2.75) is 60.4 Å². The molecule has 2 heteroatoms. The monoisotopic (exact) mass is 281 g/mol. The van der Waals surface area contributed by atoms with Crippen molar-refractivity contribution in [3.05, 3.63) is 21.9 Å². The summed E-state index contributed by atoms with van der Waals surface area (Å²) in [5.74, 6) is 2.27. The molecule has 0 aliphatic heterocycles. The van der Waals surface area contributed by atoms with Crippen LogP contribution in [0.25, 0.3) is 0 Å². The molecule has 0 aliphatic rings. The molecule has 19 heavy (non-hydrogen) atoms. The zero-order valence-corrected chi connectivity index (χ0v) is 14.5. The number of hydrogen-bond donors (Lipinski definition) is 1. The second-order valence-electron chi connectivity index (χ2n) is 7.30. The quantitative estimate of drug-likeness (QED) is 0.768. The molecule has 0 fully saturated rings. The minimum atomic E-state index is 0.279. The summed E-state index contributed by atoms with van der Waals surface area (Å²) in [4.78, 5) is 2.93. The molecule has 1 aromatic rings. The van der Waals surface area contributed by atoms with Gasteiger partial charge in [0.1, 0.15) is 0 Å². The minimum absolute atomic E-state index is 0.279. The first-order chi connectivity index (χ1) is 8.71. The van der Waals surface area contributed by atoms with Crippen LogP contribution in [0, 0.1) is 17.8 Å². The van der Waals surface area contributed by atoms with Crippen molar-refractivity contribution in [1.82, 2.24) is 5.32 Å². The smallest absolute Gasteiger partial charge is 0.0299 e. The van der Waals surface area contributed by atoms with Gasteiger partial charge in [-0.05, 0) is 41.8 Å². The zero-order valence-electron chi connectivity index (χ0n) is 13.7. The van der Waals surface area contributed by atoms with Gasteiger partial charge in [-0.2, -0.15) is 0 Å². The van der Waals surface area contributed by atoms with E-state index in [0.29, 0.717) is 0 Å². The fourth-order valence-corrected chi connectivity index (χ4v) is 3.51. The highest BCUT2D eigenvalue weighted by Crippen LogP contribution is 2.29. The third-order valence-electron chi connectivity index (χ3n) is 3.79. The van der Waals surface area contributed by atoms with Crippen molar-refractivity contribution >= 4 is 11.3 Å². The molecule has 1 aromatic heterocycles. The van der Waals surface area contributed by atoms with Crippen molar-refractivity contribution in [1.29, 1.82) is 0 Å². The number of nitrogens with one attached hydrogen (secondary N) is 1. The summed E-state index contributed by atoms with van der Waals surface area (Å²) in [6.45, 7) is 18.3. The molecular weight excluding hydrogens is 250 g/mol. The number of thiophene rings is 1. The summed E-state index contributed by atoms with van der Waals surface area (Å²) in [7, 11) is 0. The summed E-state index contributed by atoms with van der Waals surface area (Å²) < 4.78 is 0. The van der Waals surface area contributed by atoms with Crippen LogP contribution in [0.1, 0.15) is 58.2 Å². The van der Waals surface area contributed by atoms with Gasteiger partial charge in [0.2, 0.25) is 0 Å². The first kappa shape index (κ1) is 16.7. The Morgan fingerprint density at radius 3 is 2.05 bits per heavy atom. The molecule has 0 aliphatic carbocycles. The predicted molar refractivity (Wildman–Crippen MR) is 87.9 cm³/mol. The topological polar surface area (TPSA) is 12.0 Å². The Balaban J connectivity index is 2.47. The fourth-order valence-electron chi connectivity index (χ4n) is 2.48. The van der Waals surface area contributed by atoms with Crippen LogP contribution < -0.4 is 5.32 Å². The number of hydrogen-bond acceptors (Lipinski definition) is 2. The van der Waals surface area contributed by atoms with Crippen LogP contribution in [-0.2, 0) is 12.0 Å². The second-order valence-corrected chi connectivity index (χ2v) is 8.47. The van der Waals surface area contributed by atoms with E-state index in [0.717, 1.165) is 30.8 Å². The van der Waals surface area contributed by atoms with E-state index >= 15 is 0 Å². The first-order valence-electron chi connectivity index (χ1n) is 7.51. The average molecular weight is 282 g/mol. The zero-order chi connectivity index (χ0) is 14.6. The van der Waals surface area contributed by atoms with Crippen LogP contribution in [0.3, 0.4) is 0 Å². The molecule has 0 bridgehead atoms. The van der Waals surface area contributed by atoms with Crippen LogP contribution in [0.2, 0.25) is 0 Å². The molecule has 0 saturated heterocycles. The third-order valence-corrected chi connectivity index (χ3v) is 5.30. The van der Waals surface area contributed by atoms with Gasteiger partial charge in [0.05, 0.1) is 0 Å². The molecule has 0 saturated carbocycles. The maximum atomic E-state index is 3.64. The van der Waals surface area contributed by atoms with Crippen LogP contribution in [-0.4, -0.2) is 6.54 Å².